The SMILES string of the molecule is CCN(C(=O)COc1ccc(Cl)cc1)C1CNC1. The van der Waals surface area contributed by atoms with Crippen molar-refractivity contribution in [2.75, 3.05) is 26.2 Å². The molecule has 0 aromatic heterocycles. The summed E-state index contributed by atoms with van der Waals surface area (Å²) >= 11 is 5.78. The van der Waals surface area contributed by atoms with Gasteiger partial charge in [-0.2, -0.15) is 0 Å². The van der Waals surface area contributed by atoms with Crippen molar-refractivity contribution in [3.05, 3.63) is 29.3 Å². The molecule has 18 heavy (non-hydrogen) atoms. The monoisotopic (exact) mass is 268 g/mol. The Bertz CT molecular complexity index is 404. The summed E-state index contributed by atoms with van der Waals surface area (Å²) in [6.07, 6.45) is 0. The van der Waals surface area contributed by atoms with E-state index in [-0.39, 0.29) is 12.5 Å². The maximum absolute atomic E-state index is 12.0. The van der Waals surface area contributed by atoms with Crippen molar-refractivity contribution in [3.63, 3.8) is 0 Å². The molecule has 0 aliphatic carbocycles. The van der Waals surface area contributed by atoms with Crippen LogP contribution in [0.4, 0.5) is 0 Å². The van der Waals surface area contributed by atoms with E-state index < -0.39 is 0 Å². The number of hydrogen-bond donors (Lipinski definition) is 1. The number of benzene rings is 1. The normalized spacial score (nSPS) is 15.0. The zero-order valence-electron chi connectivity index (χ0n) is 10.4. The third-order valence-electron chi connectivity index (χ3n) is 3.04. The summed E-state index contributed by atoms with van der Waals surface area (Å²) < 4.78 is 5.45. The molecule has 0 spiro atoms. The van der Waals surface area contributed by atoms with Gasteiger partial charge >= 0.3 is 0 Å². The Morgan fingerprint density at radius 2 is 2.11 bits per heavy atom. The van der Waals surface area contributed by atoms with Crippen molar-refractivity contribution in [1.82, 2.24) is 10.2 Å². The van der Waals surface area contributed by atoms with E-state index >= 15 is 0 Å². The van der Waals surface area contributed by atoms with E-state index in [1.807, 2.05) is 11.8 Å². The number of carbonyl (C=O) groups is 1. The molecule has 98 valence electrons. The average Bonchev–Trinajstić information content (AvgIpc) is 2.32. The Labute approximate surface area is 112 Å². The maximum Gasteiger partial charge on any atom is 0.260 e. The van der Waals surface area contributed by atoms with Crippen molar-refractivity contribution < 1.29 is 9.53 Å². The molecule has 1 heterocycles. The Morgan fingerprint density at radius 3 is 2.61 bits per heavy atom. The van der Waals surface area contributed by atoms with Gasteiger partial charge in [-0.15, -0.1) is 0 Å². The molecule has 0 saturated carbocycles. The summed E-state index contributed by atoms with van der Waals surface area (Å²) in [5, 5.41) is 3.82. The third kappa shape index (κ3) is 3.15. The van der Waals surface area contributed by atoms with E-state index in [9.17, 15) is 4.79 Å². The smallest absolute Gasteiger partial charge is 0.260 e. The van der Waals surface area contributed by atoms with Crippen LogP contribution in [0, 0.1) is 0 Å². The van der Waals surface area contributed by atoms with Gasteiger partial charge in [0.2, 0.25) is 0 Å². The fourth-order valence-electron chi connectivity index (χ4n) is 1.89. The summed E-state index contributed by atoms with van der Waals surface area (Å²) in [7, 11) is 0. The van der Waals surface area contributed by atoms with Crippen LogP contribution in [-0.2, 0) is 4.79 Å². The maximum atomic E-state index is 12.0. The van der Waals surface area contributed by atoms with Crippen molar-refractivity contribution >= 4 is 17.5 Å². The molecular weight excluding hydrogens is 252 g/mol. The van der Waals surface area contributed by atoms with E-state index in [1.165, 1.54) is 0 Å². The van der Waals surface area contributed by atoms with Crippen LogP contribution in [0.25, 0.3) is 0 Å². The molecule has 1 N–H and O–H groups in total. The highest BCUT2D eigenvalue weighted by atomic mass is 35.5. The molecule has 0 radical (unpaired) electrons. The van der Waals surface area contributed by atoms with Gasteiger partial charge in [0, 0.05) is 24.7 Å². The first-order valence-electron chi connectivity index (χ1n) is 6.09. The second kappa shape index (κ2) is 6.07. The lowest BCUT2D eigenvalue weighted by molar-refractivity contribution is -0.136. The zero-order valence-corrected chi connectivity index (χ0v) is 11.1. The quantitative estimate of drug-likeness (QED) is 0.881. The second-order valence-corrected chi connectivity index (χ2v) is 4.67. The summed E-state index contributed by atoms with van der Waals surface area (Å²) in [6.45, 7) is 4.53. The molecule has 5 heteroatoms. The predicted molar refractivity (Wildman–Crippen MR) is 71.0 cm³/mol. The topological polar surface area (TPSA) is 41.6 Å². The minimum absolute atomic E-state index is 0.0268. The van der Waals surface area contributed by atoms with Gasteiger partial charge in [-0.3, -0.25) is 4.79 Å². The van der Waals surface area contributed by atoms with Crippen molar-refractivity contribution in [3.8, 4) is 5.75 Å². The van der Waals surface area contributed by atoms with Gasteiger partial charge < -0.3 is 15.0 Å². The van der Waals surface area contributed by atoms with Gasteiger partial charge in [-0.05, 0) is 31.2 Å². The lowest BCUT2D eigenvalue weighted by Crippen LogP contribution is -2.59. The van der Waals surface area contributed by atoms with Gasteiger partial charge in [0.1, 0.15) is 5.75 Å². The van der Waals surface area contributed by atoms with Crippen LogP contribution in [0.1, 0.15) is 6.92 Å². The number of hydrogen-bond acceptors (Lipinski definition) is 3. The van der Waals surface area contributed by atoms with E-state index in [4.69, 9.17) is 16.3 Å². The van der Waals surface area contributed by atoms with Crippen molar-refractivity contribution in [1.29, 1.82) is 0 Å². The molecule has 0 bridgehead atoms. The van der Waals surface area contributed by atoms with Crippen molar-refractivity contribution in [2.45, 2.75) is 13.0 Å². The number of rotatable bonds is 5. The van der Waals surface area contributed by atoms with Gasteiger partial charge in [-0.25, -0.2) is 0 Å². The molecule has 2 rings (SSSR count). The number of nitrogens with one attached hydrogen (secondary N) is 1. The molecule has 4 nitrogen and oxygen atoms in total. The van der Waals surface area contributed by atoms with E-state index in [1.54, 1.807) is 24.3 Å². The molecule has 1 aromatic rings. The van der Waals surface area contributed by atoms with Gasteiger partial charge in [-0.1, -0.05) is 11.6 Å². The highest BCUT2D eigenvalue weighted by Crippen LogP contribution is 2.15. The van der Waals surface area contributed by atoms with Crippen LogP contribution in [-0.4, -0.2) is 43.1 Å². The summed E-state index contributed by atoms with van der Waals surface area (Å²) in [5.74, 6) is 0.689. The fraction of sp³-hybridized carbons (Fsp3) is 0.462. The van der Waals surface area contributed by atoms with Crippen molar-refractivity contribution in [2.24, 2.45) is 0 Å². The molecule has 1 amide bonds. The first-order chi connectivity index (χ1) is 8.70. The van der Waals surface area contributed by atoms with Crippen LogP contribution in [0.5, 0.6) is 5.75 Å². The molecule has 1 saturated heterocycles. The Balaban J connectivity index is 1.84. The lowest BCUT2D eigenvalue weighted by Gasteiger charge is -2.37. The second-order valence-electron chi connectivity index (χ2n) is 4.23. The molecular formula is C13H17ClN2O2. The number of carbonyl (C=O) groups excluding carboxylic acids is 1. The summed E-state index contributed by atoms with van der Waals surface area (Å²) in [5.41, 5.74) is 0. The highest BCUT2D eigenvalue weighted by Gasteiger charge is 2.27. The molecule has 1 aliphatic heterocycles. The van der Waals surface area contributed by atoms with Crippen LogP contribution >= 0.6 is 11.6 Å². The molecule has 1 aliphatic rings. The molecule has 1 aromatic carbocycles. The standard InChI is InChI=1S/C13H17ClN2O2/c1-2-16(11-7-15-8-11)13(17)9-18-12-5-3-10(14)4-6-12/h3-6,11,15H,2,7-9H2,1H3. The van der Waals surface area contributed by atoms with Crippen LogP contribution in [0.2, 0.25) is 5.02 Å². The lowest BCUT2D eigenvalue weighted by atomic mass is 10.1. The Morgan fingerprint density at radius 1 is 1.44 bits per heavy atom. The third-order valence-corrected chi connectivity index (χ3v) is 3.29. The summed E-state index contributed by atoms with van der Waals surface area (Å²) in [4.78, 5) is 13.8. The number of nitrogens with zero attached hydrogens (tertiary/aromatic N) is 1. The Kier molecular flexibility index (Phi) is 4.44. The summed E-state index contributed by atoms with van der Waals surface area (Å²) in [6, 6.07) is 7.33. The molecule has 1 fully saturated rings. The van der Waals surface area contributed by atoms with E-state index in [0.29, 0.717) is 16.8 Å². The molecule has 0 unspecified atom stereocenters. The highest BCUT2D eigenvalue weighted by molar-refractivity contribution is 6.30. The average molecular weight is 269 g/mol. The van der Waals surface area contributed by atoms with Crippen LogP contribution in [0.3, 0.4) is 0 Å². The largest absolute Gasteiger partial charge is 0.484 e. The fourth-order valence-corrected chi connectivity index (χ4v) is 2.02. The first-order valence-corrected chi connectivity index (χ1v) is 6.47. The minimum atomic E-state index is 0.0268. The van der Waals surface area contributed by atoms with Gasteiger partial charge in [0.05, 0.1) is 6.04 Å². The van der Waals surface area contributed by atoms with E-state index in [0.717, 1.165) is 19.6 Å². The van der Waals surface area contributed by atoms with Crippen LogP contribution in [0.15, 0.2) is 24.3 Å². The number of halogens is 1. The predicted octanol–water partition coefficient (Wildman–Crippen LogP) is 1.54. The molecule has 0 atom stereocenters. The van der Waals surface area contributed by atoms with Crippen LogP contribution < -0.4 is 10.1 Å². The van der Waals surface area contributed by atoms with Gasteiger partial charge in [0.15, 0.2) is 6.61 Å². The minimum Gasteiger partial charge on any atom is -0.484 e. The Hall–Kier alpha value is -1.26. The first kappa shape index (κ1) is 13.2. The van der Waals surface area contributed by atoms with E-state index in [2.05, 4.69) is 5.32 Å². The van der Waals surface area contributed by atoms with Gasteiger partial charge in [0.25, 0.3) is 5.91 Å². The number of amides is 1. The number of ether oxygens (including phenoxy) is 1. The zero-order chi connectivity index (χ0) is 13.0. The number of likely N-dealkylation sites (N-methyl/N-ethyl adjacent to an activating group) is 1.